The first kappa shape index (κ1) is 18.0. The van der Waals surface area contributed by atoms with E-state index < -0.39 is 0 Å². The molecular weight excluding hydrogens is 368 g/mol. The zero-order valence-electron chi connectivity index (χ0n) is 17.8. The maximum atomic E-state index is 6.75. The average Bonchev–Trinajstić information content (AvgIpc) is 3.23. The highest BCUT2D eigenvalue weighted by Crippen LogP contribution is 2.52. The van der Waals surface area contributed by atoms with Crippen molar-refractivity contribution in [2.45, 2.75) is 57.7 Å². The van der Waals surface area contributed by atoms with Crippen LogP contribution in [0.4, 0.5) is 0 Å². The van der Waals surface area contributed by atoms with E-state index in [0.717, 1.165) is 30.9 Å². The number of benzene rings is 3. The molecule has 0 saturated heterocycles. The summed E-state index contributed by atoms with van der Waals surface area (Å²) in [6.45, 7) is 4.52. The van der Waals surface area contributed by atoms with Gasteiger partial charge in [0, 0.05) is 24.8 Å². The molecule has 0 radical (unpaired) electrons. The summed E-state index contributed by atoms with van der Waals surface area (Å²) in [6.07, 6.45) is 5.44. The summed E-state index contributed by atoms with van der Waals surface area (Å²) in [7, 11) is 0. The highest BCUT2D eigenvalue weighted by atomic mass is 16.5. The van der Waals surface area contributed by atoms with Gasteiger partial charge in [-0.25, -0.2) is 5.01 Å². The van der Waals surface area contributed by atoms with Gasteiger partial charge in [-0.2, -0.15) is 5.10 Å². The Hall–Kier alpha value is -2.81. The Morgan fingerprint density at radius 1 is 0.967 bits per heavy atom. The zero-order valence-corrected chi connectivity index (χ0v) is 17.8. The number of hydrogen-bond acceptors (Lipinski definition) is 3. The fourth-order valence-corrected chi connectivity index (χ4v) is 5.49. The van der Waals surface area contributed by atoms with Crippen molar-refractivity contribution in [1.29, 1.82) is 0 Å². The lowest BCUT2D eigenvalue weighted by molar-refractivity contribution is -0.145. The van der Waals surface area contributed by atoms with E-state index in [9.17, 15) is 0 Å². The molecule has 3 nitrogen and oxygen atoms in total. The Bertz CT molecular complexity index is 1160. The van der Waals surface area contributed by atoms with Gasteiger partial charge in [0.2, 0.25) is 0 Å². The first-order valence-electron chi connectivity index (χ1n) is 11.3. The molecule has 0 amide bonds. The van der Waals surface area contributed by atoms with Crippen molar-refractivity contribution in [1.82, 2.24) is 5.01 Å². The second kappa shape index (κ2) is 6.60. The molecule has 6 rings (SSSR count). The lowest BCUT2D eigenvalue weighted by Crippen LogP contribution is -2.55. The molecule has 1 atom stereocenters. The Morgan fingerprint density at radius 2 is 1.77 bits per heavy atom. The van der Waals surface area contributed by atoms with Crippen molar-refractivity contribution in [3.8, 4) is 5.75 Å². The third-order valence-electron chi connectivity index (χ3n) is 7.29. The summed E-state index contributed by atoms with van der Waals surface area (Å²) in [5.41, 5.74) is 4.69. The third kappa shape index (κ3) is 2.75. The maximum absolute atomic E-state index is 6.75. The number of hydrazone groups is 1. The van der Waals surface area contributed by atoms with Crippen LogP contribution in [0.5, 0.6) is 5.75 Å². The predicted octanol–water partition coefficient (Wildman–Crippen LogP) is 6.60. The van der Waals surface area contributed by atoms with Crippen LogP contribution in [0.1, 0.15) is 61.8 Å². The van der Waals surface area contributed by atoms with Gasteiger partial charge in [-0.05, 0) is 54.2 Å². The van der Waals surface area contributed by atoms with E-state index in [1.54, 1.807) is 0 Å². The van der Waals surface area contributed by atoms with Crippen molar-refractivity contribution in [3.63, 3.8) is 0 Å². The van der Waals surface area contributed by atoms with Gasteiger partial charge in [0.15, 0.2) is 5.72 Å². The van der Waals surface area contributed by atoms with Gasteiger partial charge in [-0.1, -0.05) is 61.0 Å². The van der Waals surface area contributed by atoms with Crippen molar-refractivity contribution in [3.05, 3.63) is 77.4 Å². The molecule has 0 unspecified atom stereocenters. The molecule has 152 valence electrons. The summed E-state index contributed by atoms with van der Waals surface area (Å²) in [5, 5.41) is 10.1. The molecule has 1 aliphatic carbocycles. The van der Waals surface area contributed by atoms with Crippen LogP contribution in [0.25, 0.3) is 10.8 Å². The standard InChI is InChI=1S/C27H28N2O/c1-18-11-13-27(14-12-18)29-25(23-15-19(2)7-10-26(23)30-27)17-24(28-29)22-9-8-20-5-3-4-6-21(20)16-22/h3-10,15-16,18,25H,11-14,17H2,1-2H3/t18?,25-,27?/m1/s1. The zero-order chi connectivity index (χ0) is 20.3. The quantitative estimate of drug-likeness (QED) is 0.463. The van der Waals surface area contributed by atoms with Gasteiger partial charge < -0.3 is 4.74 Å². The fraction of sp³-hybridized carbons (Fsp3) is 0.370. The predicted molar refractivity (Wildman–Crippen MR) is 122 cm³/mol. The lowest BCUT2D eigenvalue weighted by atomic mass is 9.82. The topological polar surface area (TPSA) is 24.8 Å². The fourth-order valence-electron chi connectivity index (χ4n) is 5.49. The van der Waals surface area contributed by atoms with Crippen LogP contribution in [-0.2, 0) is 0 Å². The van der Waals surface area contributed by atoms with Crippen molar-refractivity contribution >= 4 is 16.5 Å². The molecule has 2 heterocycles. The molecule has 3 aromatic rings. The van der Waals surface area contributed by atoms with Gasteiger partial charge in [-0.15, -0.1) is 0 Å². The minimum absolute atomic E-state index is 0.267. The third-order valence-corrected chi connectivity index (χ3v) is 7.29. The van der Waals surface area contributed by atoms with Gasteiger partial charge >= 0.3 is 0 Å². The van der Waals surface area contributed by atoms with Crippen LogP contribution in [0.15, 0.2) is 65.8 Å². The van der Waals surface area contributed by atoms with E-state index in [0.29, 0.717) is 0 Å². The normalized spacial score (nSPS) is 27.5. The second-order valence-electron chi connectivity index (χ2n) is 9.45. The maximum Gasteiger partial charge on any atom is 0.198 e. The van der Waals surface area contributed by atoms with Crippen LogP contribution in [0.2, 0.25) is 0 Å². The second-order valence-corrected chi connectivity index (χ2v) is 9.45. The van der Waals surface area contributed by atoms with E-state index >= 15 is 0 Å². The number of hydrogen-bond donors (Lipinski definition) is 0. The highest BCUT2D eigenvalue weighted by molar-refractivity contribution is 6.04. The number of nitrogens with zero attached hydrogens (tertiary/aromatic N) is 2. The molecule has 0 N–H and O–H groups in total. The number of aryl methyl sites for hydroxylation is 1. The average molecular weight is 397 g/mol. The van der Waals surface area contributed by atoms with Crippen LogP contribution in [0, 0.1) is 12.8 Å². The largest absolute Gasteiger partial charge is 0.466 e. The molecule has 3 heteroatoms. The van der Waals surface area contributed by atoms with Gasteiger partial charge in [0.1, 0.15) is 5.75 Å². The number of fused-ring (bicyclic) bond motifs is 5. The minimum atomic E-state index is -0.294. The number of ether oxygens (including phenoxy) is 1. The molecule has 3 aromatic carbocycles. The Kier molecular flexibility index (Phi) is 3.96. The summed E-state index contributed by atoms with van der Waals surface area (Å²) in [5.74, 6) is 1.83. The number of rotatable bonds is 1. The molecule has 3 aliphatic rings. The van der Waals surface area contributed by atoms with Crippen molar-refractivity contribution in [2.75, 3.05) is 0 Å². The van der Waals surface area contributed by atoms with Gasteiger partial charge in [-0.3, -0.25) is 0 Å². The highest BCUT2D eigenvalue weighted by Gasteiger charge is 2.51. The van der Waals surface area contributed by atoms with E-state index in [2.05, 4.69) is 79.5 Å². The molecular formula is C27H28N2O. The Morgan fingerprint density at radius 3 is 2.60 bits per heavy atom. The molecule has 30 heavy (non-hydrogen) atoms. The Labute approximate surface area is 178 Å². The van der Waals surface area contributed by atoms with Crippen LogP contribution in [0.3, 0.4) is 0 Å². The summed E-state index contributed by atoms with van der Waals surface area (Å²) < 4.78 is 6.75. The summed E-state index contributed by atoms with van der Waals surface area (Å²) >= 11 is 0. The Balaban J connectivity index is 1.45. The smallest absolute Gasteiger partial charge is 0.198 e. The van der Waals surface area contributed by atoms with E-state index in [4.69, 9.17) is 9.84 Å². The summed E-state index contributed by atoms with van der Waals surface area (Å²) in [6, 6.07) is 22.2. The van der Waals surface area contributed by atoms with Gasteiger partial charge in [0.25, 0.3) is 0 Å². The molecule has 0 bridgehead atoms. The first-order chi connectivity index (χ1) is 14.6. The molecule has 1 fully saturated rings. The first-order valence-corrected chi connectivity index (χ1v) is 11.3. The minimum Gasteiger partial charge on any atom is -0.466 e. The van der Waals surface area contributed by atoms with Gasteiger partial charge in [0.05, 0.1) is 11.8 Å². The van der Waals surface area contributed by atoms with Crippen LogP contribution >= 0.6 is 0 Å². The van der Waals surface area contributed by atoms with Crippen molar-refractivity contribution in [2.24, 2.45) is 11.0 Å². The molecule has 1 saturated carbocycles. The molecule has 2 aliphatic heterocycles. The molecule has 1 spiro atoms. The summed E-state index contributed by atoms with van der Waals surface area (Å²) in [4.78, 5) is 0. The SMILES string of the molecule is Cc1ccc2c(c1)[C@H]1CC(c3ccc4ccccc4c3)=NN1C1(CCC(C)CC1)O2. The van der Waals surface area contributed by atoms with E-state index in [1.165, 1.54) is 46.0 Å². The van der Waals surface area contributed by atoms with Crippen molar-refractivity contribution < 1.29 is 4.74 Å². The van der Waals surface area contributed by atoms with E-state index in [-0.39, 0.29) is 11.8 Å². The monoisotopic (exact) mass is 396 g/mol. The van der Waals surface area contributed by atoms with Crippen LogP contribution < -0.4 is 4.74 Å². The van der Waals surface area contributed by atoms with E-state index in [1.807, 2.05) is 0 Å². The van der Waals surface area contributed by atoms with Crippen LogP contribution in [-0.4, -0.2) is 16.4 Å². The lowest BCUT2D eigenvalue weighted by Gasteiger charge is -2.50. The molecule has 0 aromatic heterocycles.